The highest BCUT2D eigenvalue weighted by Crippen LogP contribution is 2.35. The Morgan fingerprint density at radius 1 is 1.56 bits per heavy atom. The van der Waals surface area contributed by atoms with Gasteiger partial charge in [-0.1, -0.05) is 12.1 Å². The van der Waals surface area contributed by atoms with Gasteiger partial charge in [-0.15, -0.1) is 11.3 Å². The number of nitriles is 1. The molecule has 0 saturated carbocycles. The van der Waals surface area contributed by atoms with E-state index in [0.29, 0.717) is 16.1 Å². The average Bonchev–Trinajstić information content (AvgIpc) is 2.66. The molecule has 1 aromatic carbocycles. The summed E-state index contributed by atoms with van der Waals surface area (Å²) in [5.41, 5.74) is 6.74. The van der Waals surface area contributed by atoms with E-state index >= 15 is 0 Å². The van der Waals surface area contributed by atoms with Crippen LogP contribution < -0.4 is 5.73 Å². The van der Waals surface area contributed by atoms with Gasteiger partial charge in [-0.05, 0) is 6.07 Å². The molecule has 0 radical (unpaired) electrons. The lowest BCUT2D eigenvalue weighted by atomic mass is 10.1. The highest BCUT2D eigenvalue weighted by Gasteiger charge is 2.18. The van der Waals surface area contributed by atoms with E-state index in [9.17, 15) is 4.79 Å². The van der Waals surface area contributed by atoms with Crippen molar-refractivity contribution in [2.24, 2.45) is 0 Å². The van der Waals surface area contributed by atoms with E-state index in [2.05, 4.69) is 10.8 Å². The Morgan fingerprint density at radius 3 is 2.94 bits per heavy atom. The number of fused-ring (bicyclic) bond motifs is 1. The van der Waals surface area contributed by atoms with Crippen LogP contribution in [0.5, 0.6) is 0 Å². The van der Waals surface area contributed by atoms with Crippen molar-refractivity contribution < 1.29 is 9.53 Å². The molecule has 2 aromatic rings. The molecular weight excluding hydrogens is 224 g/mol. The standard InChI is InChI=1S/C11H8N2O2S/c1-15-11(14)10-8(13)7-4-2-3-6(5-12)9(7)16-10/h2-4H,13H2,1H3. The molecule has 0 spiro atoms. The van der Waals surface area contributed by atoms with Crippen LogP contribution in [0.25, 0.3) is 10.1 Å². The van der Waals surface area contributed by atoms with E-state index in [1.807, 2.05) is 0 Å². The summed E-state index contributed by atoms with van der Waals surface area (Å²) >= 11 is 1.19. The molecular formula is C11H8N2O2S. The van der Waals surface area contributed by atoms with Crippen molar-refractivity contribution in [3.05, 3.63) is 28.6 Å². The van der Waals surface area contributed by atoms with Crippen molar-refractivity contribution in [3.8, 4) is 6.07 Å². The van der Waals surface area contributed by atoms with Gasteiger partial charge >= 0.3 is 5.97 Å². The van der Waals surface area contributed by atoms with Crippen LogP contribution in [0.2, 0.25) is 0 Å². The van der Waals surface area contributed by atoms with Crippen LogP contribution in [-0.2, 0) is 4.74 Å². The molecule has 0 bridgehead atoms. The van der Waals surface area contributed by atoms with E-state index in [-0.39, 0.29) is 0 Å². The fraction of sp³-hybridized carbons (Fsp3) is 0.0909. The zero-order valence-corrected chi connectivity index (χ0v) is 9.30. The van der Waals surface area contributed by atoms with Crippen molar-refractivity contribution in [2.45, 2.75) is 0 Å². The van der Waals surface area contributed by atoms with Gasteiger partial charge in [0.1, 0.15) is 10.9 Å². The lowest BCUT2D eigenvalue weighted by molar-refractivity contribution is 0.0607. The Bertz CT molecular complexity index is 610. The van der Waals surface area contributed by atoms with E-state index in [4.69, 9.17) is 11.0 Å². The first-order valence-electron chi connectivity index (χ1n) is 4.48. The molecule has 0 aliphatic rings. The van der Waals surface area contributed by atoms with E-state index in [0.717, 1.165) is 10.1 Å². The minimum absolute atomic E-state index is 0.347. The van der Waals surface area contributed by atoms with Crippen molar-refractivity contribution >= 4 is 33.1 Å². The summed E-state index contributed by atoms with van der Waals surface area (Å²) in [6.07, 6.45) is 0. The second-order valence-corrected chi connectivity index (χ2v) is 4.15. The van der Waals surface area contributed by atoms with Crippen LogP contribution >= 0.6 is 11.3 Å². The molecule has 1 aromatic heterocycles. The summed E-state index contributed by atoms with van der Waals surface area (Å²) < 4.78 is 5.35. The summed E-state index contributed by atoms with van der Waals surface area (Å²) in [6, 6.07) is 7.29. The number of carbonyl (C=O) groups is 1. The molecule has 0 fully saturated rings. The van der Waals surface area contributed by atoms with Gasteiger partial charge in [0, 0.05) is 5.39 Å². The van der Waals surface area contributed by atoms with Gasteiger partial charge in [-0.2, -0.15) is 5.26 Å². The predicted octanol–water partition coefficient (Wildman–Crippen LogP) is 2.14. The quantitative estimate of drug-likeness (QED) is 0.764. The molecule has 16 heavy (non-hydrogen) atoms. The molecule has 0 saturated heterocycles. The molecule has 0 atom stereocenters. The predicted molar refractivity (Wildman–Crippen MR) is 62.3 cm³/mol. The molecule has 4 nitrogen and oxygen atoms in total. The van der Waals surface area contributed by atoms with Crippen LogP contribution in [-0.4, -0.2) is 13.1 Å². The smallest absolute Gasteiger partial charge is 0.350 e. The van der Waals surface area contributed by atoms with Crippen LogP contribution in [0.3, 0.4) is 0 Å². The number of hydrogen-bond acceptors (Lipinski definition) is 5. The number of nitrogens with zero attached hydrogens (tertiary/aromatic N) is 1. The molecule has 0 unspecified atom stereocenters. The second-order valence-electron chi connectivity index (χ2n) is 3.13. The van der Waals surface area contributed by atoms with E-state index < -0.39 is 5.97 Å². The summed E-state index contributed by atoms with van der Waals surface area (Å²) in [5.74, 6) is -0.470. The third-order valence-electron chi connectivity index (χ3n) is 2.25. The molecule has 2 N–H and O–H groups in total. The maximum absolute atomic E-state index is 11.4. The molecule has 80 valence electrons. The first-order valence-corrected chi connectivity index (χ1v) is 5.30. The largest absolute Gasteiger partial charge is 0.465 e. The van der Waals surface area contributed by atoms with Crippen LogP contribution in [0.4, 0.5) is 5.69 Å². The number of carbonyl (C=O) groups excluding carboxylic acids is 1. The zero-order chi connectivity index (χ0) is 11.7. The lowest BCUT2D eigenvalue weighted by Gasteiger charge is -1.95. The topological polar surface area (TPSA) is 76.1 Å². The summed E-state index contributed by atoms with van der Waals surface area (Å²) in [4.78, 5) is 11.8. The normalized spacial score (nSPS) is 10.0. The number of methoxy groups -OCH3 is 1. The van der Waals surface area contributed by atoms with Crippen LogP contribution in [0, 0.1) is 11.3 Å². The number of benzene rings is 1. The Balaban J connectivity index is 2.78. The summed E-state index contributed by atoms with van der Waals surface area (Å²) in [7, 11) is 1.30. The number of esters is 1. The number of thiophene rings is 1. The first kappa shape index (κ1) is 10.5. The molecule has 5 heteroatoms. The number of nitrogen functional groups attached to an aromatic ring is 1. The van der Waals surface area contributed by atoms with Gasteiger partial charge in [0.15, 0.2) is 0 Å². The Morgan fingerprint density at radius 2 is 2.31 bits per heavy atom. The van der Waals surface area contributed by atoms with Gasteiger partial charge in [0.25, 0.3) is 0 Å². The number of rotatable bonds is 1. The Labute approximate surface area is 95.9 Å². The monoisotopic (exact) mass is 232 g/mol. The maximum Gasteiger partial charge on any atom is 0.350 e. The van der Waals surface area contributed by atoms with Crippen molar-refractivity contribution in [3.63, 3.8) is 0 Å². The Hall–Kier alpha value is -2.06. The molecule has 1 heterocycles. The molecule has 0 aliphatic carbocycles. The van der Waals surface area contributed by atoms with Crippen molar-refractivity contribution in [1.29, 1.82) is 5.26 Å². The molecule has 0 aliphatic heterocycles. The zero-order valence-electron chi connectivity index (χ0n) is 8.48. The van der Waals surface area contributed by atoms with Gasteiger partial charge in [0.05, 0.1) is 23.1 Å². The lowest BCUT2D eigenvalue weighted by Crippen LogP contribution is -2.01. The van der Waals surface area contributed by atoms with Gasteiger partial charge < -0.3 is 10.5 Å². The van der Waals surface area contributed by atoms with Gasteiger partial charge in [-0.25, -0.2) is 4.79 Å². The second kappa shape index (κ2) is 3.83. The highest BCUT2D eigenvalue weighted by molar-refractivity contribution is 7.21. The Kier molecular flexibility index (Phi) is 2.50. The minimum atomic E-state index is -0.470. The number of ether oxygens (including phenoxy) is 1. The number of anilines is 1. The summed E-state index contributed by atoms with van der Waals surface area (Å²) in [5, 5.41) is 9.66. The first-order chi connectivity index (χ1) is 7.69. The fourth-order valence-corrected chi connectivity index (χ4v) is 2.57. The minimum Gasteiger partial charge on any atom is -0.465 e. The number of hydrogen-bond donors (Lipinski definition) is 1. The third kappa shape index (κ3) is 1.40. The van der Waals surface area contributed by atoms with Crippen LogP contribution in [0.1, 0.15) is 15.2 Å². The van der Waals surface area contributed by atoms with Gasteiger partial charge in [-0.3, -0.25) is 0 Å². The van der Waals surface area contributed by atoms with E-state index in [1.165, 1.54) is 18.4 Å². The van der Waals surface area contributed by atoms with Crippen molar-refractivity contribution in [2.75, 3.05) is 12.8 Å². The maximum atomic E-state index is 11.4. The van der Waals surface area contributed by atoms with Crippen molar-refractivity contribution in [1.82, 2.24) is 0 Å². The van der Waals surface area contributed by atoms with E-state index in [1.54, 1.807) is 18.2 Å². The summed E-state index contributed by atoms with van der Waals surface area (Å²) in [6.45, 7) is 0. The SMILES string of the molecule is COC(=O)c1sc2c(C#N)cccc2c1N. The number of nitrogens with two attached hydrogens (primary N) is 1. The van der Waals surface area contributed by atoms with Gasteiger partial charge in [0.2, 0.25) is 0 Å². The highest BCUT2D eigenvalue weighted by atomic mass is 32.1. The molecule has 0 amide bonds. The average molecular weight is 232 g/mol. The third-order valence-corrected chi connectivity index (χ3v) is 3.48. The van der Waals surface area contributed by atoms with Crippen LogP contribution in [0.15, 0.2) is 18.2 Å². The molecule has 2 rings (SSSR count). The fourth-order valence-electron chi connectivity index (χ4n) is 1.47.